The molecule has 1 amide bonds. The van der Waals surface area contributed by atoms with Crippen molar-refractivity contribution in [3.05, 3.63) is 29.6 Å². The van der Waals surface area contributed by atoms with Crippen molar-refractivity contribution in [1.29, 1.82) is 0 Å². The number of benzene rings is 1. The lowest BCUT2D eigenvalue weighted by Gasteiger charge is -2.34. The first-order valence-electron chi connectivity index (χ1n) is 7.16. The van der Waals surface area contributed by atoms with E-state index in [1.165, 1.54) is 0 Å². The van der Waals surface area contributed by atoms with Crippen LogP contribution in [0, 0.1) is 5.82 Å². The zero-order valence-electron chi connectivity index (χ0n) is 13.8. The number of amides is 1. The summed E-state index contributed by atoms with van der Waals surface area (Å²) in [7, 11) is 0. The zero-order valence-corrected chi connectivity index (χ0v) is 13.8. The summed E-state index contributed by atoms with van der Waals surface area (Å²) in [4.78, 5) is 25.0. The summed E-state index contributed by atoms with van der Waals surface area (Å²) in [5.74, 6) is -2.52. The third-order valence-corrected chi connectivity index (χ3v) is 2.96. The molecule has 1 atom stereocenters. The third-order valence-electron chi connectivity index (χ3n) is 2.96. The van der Waals surface area contributed by atoms with E-state index in [-0.39, 0.29) is 5.56 Å². The predicted octanol–water partition coefficient (Wildman–Crippen LogP) is 3.30. The number of ether oxygens (including phenoxy) is 1. The van der Waals surface area contributed by atoms with Crippen molar-refractivity contribution < 1.29 is 28.9 Å². The number of carbonyl (C=O) groups is 2. The number of phenols is 1. The number of nitrogens with zero attached hydrogens (tertiary/aromatic N) is 1. The Labute approximate surface area is 134 Å². The first-order valence-corrected chi connectivity index (χ1v) is 7.16. The summed E-state index contributed by atoms with van der Waals surface area (Å²) in [6.07, 6.45) is -0.858. The molecule has 128 valence electrons. The Bertz CT molecular complexity index is 595. The van der Waals surface area contributed by atoms with Crippen molar-refractivity contribution in [1.82, 2.24) is 4.90 Å². The second-order valence-corrected chi connectivity index (χ2v) is 6.43. The summed E-state index contributed by atoms with van der Waals surface area (Å²) >= 11 is 0. The molecule has 0 aromatic heterocycles. The number of carboxylic acids is 1. The highest BCUT2D eigenvalue weighted by Gasteiger charge is 2.37. The highest BCUT2D eigenvalue weighted by molar-refractivity contribution is 5.82. The summed E-state index contributed by atoms with van der Waals surface area (Å²) in [6, 6.07) is 0.835. The third kappa shape index (κ3) is 4.84. The fourth-order valence-corrected chi connectivity index (χ4v) is 2.08. The number of halogens is 1. The maximum atomic E-state index is 13.5. The molecule has 0 aliphatic carbocycles. The average Bonchev–Trinajstić information content (AvgIpc) is 2.35. The lowest BCUT2D eigenvalue weighted by Crippen LogP contribution is -2.45. The van der Waals surface area contributed by atoms with Gasteiger partial charge in [0.25, 0.3) is 0 Å². The Morgan fingerprint density at radius 2 is 1.83 bits per heavy atom. The molecular formula is C16H22FNO5. The normalized spacial score (nSPS) is 12.8. The molecule has 1 aromatic rings. The van der Waals surface area contributed by atoms with Gasteiger partial charge in [0.15, 0.2) is 6.04 Å². The first kappa shape index (κ1) is 18.7. The summed E-state index contributed by atoms with van der Waals surface area (Å²) in [6.45, 7) is 8.17. The van der Waals surface area contributed by atoms with Crippen molar-refractivity contribution in [2.24, 2.45) is 0 Å². The number of hydrogen-bond acceptors (Lipinski definition) is 4. The van der Waals surface area contributed by atoms with Crippen LogP contribution in [0.2, 0.25) is 0 Å². The van der Waals surface area contributed by atoms with E-state index in [0.29, 0.717) is 0 Å². The average molecular weight is 327 g/mol. The Kier molecular flexibility index (Phi) is 5.58. The largest absolute Gasteiger partial charge is 0.508 e. The minimum Gasteiger partial charge on any atom is -0.508 e. The monoisotopic (exact) mass is 327 g/mol. The van der Waals surface area contributed by atoms with Crippen LogP contribution in [0.4, 0.5) is 9.18 Å². The van der Waals surface area contributed by atoms with Crippen LogP contribution in [0.5, 0.6) is 5.75 Å². The van der Waals surface area contributed by atoms with Gasteiger partial charge in [0, 0.05) is 11.6 Å². The number of hydrogen-bond donors (Lipinski definition) is 2. The quantitative estimate of drug-likeness (QED) is 0.886. The lowest BCUT2D eigenvalue weighted by molar-refractivity contribution is -0.144. The van der Waals surface area contributed by atoms with Gasteiger partial charge in [0.2, 0.25) is 0 Å². The number of aromatic hydroxyl groups is 1. The van der Waals surface area contributed by atoms with Gasteiger partial charge in [-0.25, -0.2) is 14.0 Å². The molecule has 0 saturated carbocycles. The van der Waals surface area contributed by atoms with Gasteiger partial charge in [0.1, 0.15) is 17.2 Å². The molecule has 2 N–H and O–H groups in total. The molecule has 1 rings (SSSR count). The molecule has 0 fully saturated rings. The van der Waals surface area contributed by atoms with E-state index in [4.69, 9.17) is 4.74 Å². The Morgan fingerprint density at radius 3 is 2.26 bits per heavy atom. The minimum atomic E-state index is -1.57. The molecule has 0 saturated heterocycles. The minimum absolute atomic E-state index is 0.211. The van der Waals surface area contributed by atoms with E-state index in [9.17, 15) is 24.2 Å². The van der Waals surface area contributed by atoms with Gasteiger partial charge < -0.3 is 14.9 Å². The van der Waals surface area contributed by atoms with Gasteiger partial charge >= 0.3 is 12.1 Å². The van der Waals surface area contributed by atoms with E-state index in [0.717, 1.165) is 23.1 Å². The molecule has 0 aliphatic heterocycles. The van der Waals surface area contributed by atoms with Gasteiger partial charge in [-0.15, -0.1) is 0 Å². The van der Waals surface area contributed by atoms with E-state index >= 15 is 0 Å². The zero-order chi connectivity index (χ0) is 17.9. The van der Waals surface area contributed by atoms with Crippen molar-refractivity contribution in [2.75, 3.05) is 0 Å². The SMILES string of the molecule is CC(C)N(C(=O)OC(C)(C)C)C(C(=O)O)c1cc(F)ccc1O. The smallest absolute Gasteiger partial charge is 0.411 e. The van der Waals surface area contributed by atoms with Gasteiger partial charge in [0.05, 0.1) is 0 Å². The molecule has 0 aliphatic rings. The number of phenolic OH excluding ortho intramolecular Hbond substituents is 1. The van der Waals surface area contributed by atoms with Gasteiger partial charge in [-0.3, -0.25) is 4.90 Å². The molecule has 1 aromatic carbocycles. The molecule has 1 unspecified atom stereocenters. The standard InChI is InChI=1S/C16H22FNO5/c1-9(2)18(15(22)23-16(3,4)5)13(14(20)21)11-8-10(17)6-7-12(11)19/h6-9,13,19H,1-5H3,(H,20,21). The fourth-order valence-electron chi connectivity index (χ4n) is 2.08. The van der Waals surface area contributed by atoms with Crippen molar-refractivity contribution in [3.63, 3.8) is 0 Å². The van der Waals surface area contributed by atoms with E-state index in [1.54, 1.807) is 34.6 Å². The molecule has 0 radical (unpaired) electrons. The van der Waals surface area contributed by atoms with E-state index < -0.39 is 41.3 Å². The Morgan fingerprint density at radius 1 is 1.26 bits per heavy atom. The fraction of sp³-hybridized carbons (Fsp3) is 0.500. The van der Waals surface area contributed by atoms with Crippen LogP contribution in [0.25, 0.3) is 0 Å². The van der Waals surface area contributed by atoms with Crippen molar-refractivity contribution in [3.8, 4) is 5.75 Å². The first-order chi connectivity index (χ1) is 10.4. The predicted molar refractivity (Wildman–Crippen MR) is 81.7 cm³/mol. The number of carbonyl (C=O) groups excluding carboxylic acids is 1. The number of rotatable bonds is 4. The topological polar surface area (TPSA) is 87.1 Å². The number of carboxylic acid groups (broad SMARTS) is 1. The van der Waals surface area contributed by atoms with Crippen LogP contribution < -0.4 is 0 Å². The lowest BCUT2D eigenvalue weighted by atomic mass is 10.0. The molecule has 7 heteroatoms. The summed E-state index contributed by atoms with van der Waals surface area (Å²) < 4.78 is 18.7. The maximum absolute atomic E-state index is 13.5. The van der Waals surface area contributed by atoms with Crippen LogP contribution in [0.15, 0.2) is 18.2 Å². The highest BCUT2D eigenvalue weighted by atomic mass is 19.1. The Balaban J connectivity index is 3.36. The van der Waals surface area contributed by atoms with Crippen molar-refractivity contribution >= 4 is 12.1 Å². The summed E-state index contributed by atoms with van der Waals surface area (Å²) in [5, 5.41) is 19.4. The van der Waals surface area contributed by atoms with Crippen molar-refractivity contribution in [2.45, 2.75) is 52.3 Å². The highest BCUT2D eigenvalue weighted by Crippen LogP contribution is 2.32. The van der Waals surface area contributed by atoms with Crippen LogP contribution in [0.3, 0.4) is 0 Å². The molecule has 23 heavy (non-hydrogen) atoms. The van der Waals surface area contributed by atoms with Gasteiger partial charge in [-0.2, -0.15) is 0 Å². The summed E-state index contributed by atoms with van der Waals surface area (Å²) in [5.41, 5.74) is -1.03. The van der Waals surface area contributed by atoms with Crippen LogP contribution in [-0.2, 0) is 9.53 Å². The van der Waals surface area contributed by atoms with E-state index in [2.05, 4.69) is 0 Å². The van der Waals surface area contributed by atoms with Crippen LogP contribution in [0.1, 0.15) is 46.2 Å². The molecule has 0 heterocycles. The second kappa shape index (κ2) is 6.85. The maximum Gasteiger partial charge on any atom is 0.411 e. The number of aliphatic carboxylic acids is 1. The Hall–Kier alpha value is -2.31. The van der Waals surface area contributed by atoms with E-state index in [1.807, 2.05) is 0 Å². The molecular weight excluding hydrogens is 305 g/mol. The van der Waals surface area contributed by atoms with Crippen LogP contribution >= 0.6 is 0 Å². The molecule has 0 bridgehead atoms. The second-order valence-electron chi connectivity index (χ2n) is 6.43. The van der Waals surface area contributed by atoms with Gasteiger partial charge in [-0.05, 0) is 52.8 Å². The molecule has 6 nitrogen and oxygen atoms in total. The van der Waals surface area contributed by atoms with Gasteiger partial charge in [-0.1, -0.05) is 0 Å². The molecule has 0 spiro atoms. The van der Waals surface area contributed by atoms with Crippen LogP contribution in [-0.4, -0.2) is 38.8 Å².